The Labute approximate surface area is 680 Å². The van der Waals surface area contributed by atoms with Crippen LogP contribution in [0.4, 0.5) is 0 Å². The van der Waals surface area contributed by atoms with Gasteiger partial charge in [0.1, 0.15) is 0 Å². The van der Waals surface area contributed by atoms with Gasteiger partial charge in [0.05, 0.1) is 11.8 Å². The van der Waals surface area contributed by atoms with E-state index in [4.69, 9.17) is 0 Å². The van der Waals surface area contributed by atoms with Gasteiger partial charge in [-0.2, -0.15) is 0 Å². The molecule has 640 valence electrons. The summed E-state index contributed by atoms with van der Waals surface area (Å²) in [5.41, 5.74) is 0. The smallest absolute Gasteiger partial charge is 0.236 e. The summed E-state index contributed by atoms with van der Waals surface area (Å²) >= 11 is 0. The number of allylic oxidation sites excluding steroid dienone is 2. The van der Waals surface area contributed by atoms with Crippen LogP contribution in [0.3, 0.4) is 0 Å². The Morgan fingerprint density at radius 3 is 0.532 bits per heavy atom. The molecule has 3 N–H and O–H groups in total. The third-order valence-corrected chi connectivity index (χ3v) is 24.7. The van der Waals surface area contributed by atoms with Crippen molar-refractivity contribution >= 4 is 23.6 Å². The van der Waals surface area contributed by atoms with Crippen molar-refractivity contribution in [2.24, 2.45) is 11.8 Å². The Hall–Kier alpha value is -2.36. The zero-order valence-electron chi connectivity index (χ0n) is 73.7. The van der Waals surface area contributed by atoms with Crippen LogP contribution in [0.1, 0.15) is 528 Å². The highest BCUT2D eigenvalue weighted by atomic mass is 16.2. The Balaban J connectivity index is 1.23. The maximum atomic E-state index is 13.0. The molecule has 4 amide bonds. The van der Waals surface area contributed by atoms with Crippen molar-refractivity contribution in [3.63, 3.8) is 0 Å². The summed E-state index contributed by atoms with van der Waals surface area (Å²) in [6, 6.07) is 0. The van der Waals surface area contributed by atoms with Gasteiger partial charge in [0.25, 0.3) is 0 Å². The Morgan fingerprint density at radius 2 is 0.367 bits per heavy atom. The third-order valence-electron chi connectivity index (χ3n) is 24.7. The second kappa shape index (κ2) is 85.0. The highest BCUT2D eigenvalue weighted by Crippen LogP contribution is 2.26. The average molecular weight is 1530 g/mol. The van der Waals surface area contributed by atoms with E-state index in [9.17, 15) is 19.2 Å². The molecule has 2 rings (SSSR count). The number of unbranched alkanes of at least 4 members (excludes halogenated alkanes) is 76. The first kappa shape index (κ1) is 103. The molecular formula is C100H191N5O4. The maximum Gasteiger partial charge on any atom is 0.236 e. The number of amides is 4. The summed E-state index contributed by atoms with van der Waals surface area (Å²) in [4.78, 5) is 54.4. The largest absolute Gasteiger partial charge is 0.314 e. The van der Waals surface area contributed by atoms with E-state index in [1.807, 2.05) is 12.2 Å². The lowest BCUT2D eigenvalue weighted by atomic mass is 10.0. The highest BCUT2D eigenvalue weighted by molar-refractivity contribution is 6.05. The second-order valence-corrected chi connectivity index (χ2v) is 35.2. The van der Waals surface area contributed by atoms with Gasteiger partial charge in [-0.3, -0.25) is 29.0 Å². The summed E-state index contributed by atoms with van der Waals surface area (Å²) in [7, 11) is 0. The zero-order valence-corrected chi connectivity index (χ0v) is 73.7. The number of rotatable bonds is 92. The van der Waals surface area contributed by atoms with E-state index in [1.54, 1.807) is 0 Å². The normalized spacial score (nSPS) is 14.9. The number of nitrogens with zero attached hydrogens (tertiary/aromatic N) is 2. The monoisotopic (exact) mass is 1530 g/mol. The standard InChI is InChI=1S/C100H191N5O4/c1-3-5-7-9-11-13-15-17-19-21-23-25-27-29-31-33-35-37-39-41-43-45-47-49-51-53-55-57-59-61-63-65-67-69-71-73-75-77-79-81-83-95-93-97(106)104(99(95)108)91-89-102-87-85-101-86-88-103-90-92-105-98(107)94-96(100(105)109)84-82-80-78-76-74-72-70-68-66-64-62-60-58-56-54-52-50-48-46-44-42-40-38-36-34-32-30-28-26-24-22-20-18-16-14-12-10-8-6-4-2/h81-84,95-96,101-103H,3-80,85-94H2,1-2H3. The highest BCUT2D eigenvalue weighted by Gasteiger charge is 2.37. The predicted octanol–water partition coefficient (Wildman–Crippen LogP) is 30.1. The molecule has 0 aromatic carbocycles. The summed E-state index contributed by atoms with van der Waals surface area (Å²) in [5.74, 6) is -0.848. The summed E-state index contributed by atoms with van der Waals surface area (Å²) < 4.78 is 0. The van der Waals surface area contributed by atoms with Gasteiger partial charge in [-0.1, -0.05) is 513 Å². The van der Waals surface area contributed by atoms with Crippen LogP contribution in [0.2, 0.25) is 0 Å². The number of hydrogen-bond acceptors (Lipinski definition) is 7. The number of likely N-dealkylation sites (tertiary alicyclic amines) is 2. The van der Waals surface area contributed by atoms with E-state index in [1.165, 1.54) is 485 Å². The molecule has 0 aliphatic carbocycles. The molecule has 9 heteroatoms. The molecule has 0 aromatic rings. The summed E-state index contributed by atoms with van der Waals surface area (Å²) in [6.45, 7) is 9.63. The molecule has 0 aromatic heterocycles. The summed E-state index contributed by atoms with van der Waals surface area (Å²) in [6.07, 6.45) is 120. The number of nitrogens with one attached hydrogen (secondary N) is 3. The molecule has 0 bridgehead atoms. The predicted molar refractivity (Wildman–Crippen MR) is 478 cm³/mol. The van der Waals surface area contributed by atoms with E-state index in [-0.39, 0.29) is 35.5 Å². The second-order valence-electron chi connectivity index (χ2n) is 35.2. The van der Waals surface area contributed by atoms with Crippen molar-refractivity contribution in [3.05, 3.63) is 24.3 Å². The lowest BCUT2D eigenvalue weighted by Crippen LogP contribution is -2.40. The molecule has 9 nitrogen and oxygen atoms in total. The molecule has 0 spiro atoms. The fourth-order valence-electron chi connectivity index (χ4n) is 17.2. The summed E-state index contributed by atoms with van der Waals surface area (Å²) in [5, 5.41) is 10.2. The topological polar surface area (TPSA) is 111 Å². The number of imide groups is 2. The van der Waals surface area contributed by atoms with Gasteiger partial charge in [-0.15, -0.1) is 0 Å². The van der Waals surface area contributed by atoms with Crippen LogP contribution < -0.4 is 16.0 Å². The fourth-order valence-corrected chi connectivity index (χ4v) is 17.2. The van der Waals surface area contributed by atoms with Gasteiger partial charge in [0.15, 0.2) is 0 Å². The SMILES string of the molecule is CCCCCCCCCCCCCCCCCCCCCCCCCCCCCCCCCCCCCCCCC=CC1CC(=O)N(CCNCCNCCNCCN2C(=O)CC(C=CCCCCCCCCCCCCCCCCCCCCCCCCCCCCCCCCCCCCCCCC)C2=O)C1=O. The maximum absolute atomic E-state index is 13.0. The van der Waals surface area contributed by atoms with Crippen molar-refractivity contribution in [3.8, 4) is 0 Å². The lowest BCUT2D eigenvalue weighted by molar-refractivity contribution is -0.140. The zero-order chi connectivity index (χ0) is 77.8. The van der Waals surface area contributed by atoms with Crippen LogP contribution in [0.5, 0.6) is 0 Å². The van der Waals surface area contributed by atoms with Crippen molar-refractivity contribution in [2.45, 2.75) is 528 Å². The molecule has 2 unspecified atom stereocenters. The van der Waals surface area contributed by atoms with Crippen molar-refractivity contribution in [2.75, 3.05) is 52.4 Å². The Morgan fingerprint density at radius 1 is 0.220 bits per heavy atom. The lowest BCUT2D eigenvalue weighted by Gasteiger charge is -2.15. The molecule has 2 atom stereocenters. The first-order chi connectivity index (χ1) is 54.0. The van der Waals surface area contributed by atoms with Gasteiger partial charge < -0.3 is 16.0 Å². The van der Waals surface area contributed by atoms with Gasteiger partial charge in [-0.25, -0.2) is 0 Å². The van der Waals surface area contributed by atoms with Crippen molar-refractivity contribution < 1.29 is 19.2 Å². The first-order valence-corrected chi connectivity index (χ1v) is 50.1. The molecular weight excluding hydrogens is 1340 g/mol. The van der Waals surface area contributed by atoms with Gasteiger partial charge in [0, 0.05) is 65.2 Å². The van der Waals surface area contributed by atoms with Crippen LogP contribution in [-0.2, 0) is 19.2 Å². The number of carbonyl (C=O) groups is 4. The molecule has 109 heavy (non-hydrogen) atoms. The van der Waals surface area contributed by atoms with E-state index in [2.05, 4.69) is 41.9 Å². The van der Waals surface area contributed by atoms with Gasteiger partial charge in [0.2, 0.25) is 23.6 Å². The fraction of sp³-hybridized carbons (Fsp3) is 0.920. The third kappa shape index (κ3) is 69.6. The molecule has 2 aliphatic heterocycles. The van der Waals surface area contributed by atoms with Crippen molar-refractivity contribution in [1.29, 1.82) is 0 Å². The van der Waals surface area contributed by atoms with Crippen LogP contribution >= 0.6 is 0 Å². The van der Waals surface area contributed by atoms with Crippen LogP contribution in [0.25, 0.3) is 0 Å². The molecule has 2 saturated heterocycles. The average Bonchev–Trinajstić information content (AvgIpc) is 1.71. The number of hydrogen-bond donors (Lipinski definition) is 3. The van der Waals surface area contributed by atoms with E-state index in [0.29, 0.717) is 39.0 Å². The van der Waals surface area contributed by atoms with Crippen LogP contribution in [0.15, 0.2) is 24.3 Å². The van der Waals surface area contributed by atoms with E-state index in [0.717, 1.165) is 51.9 Å². The minimum atomic E-state index is -0.309. The van der Waals surface area contributed by atoms with E-state index < -0.39 is 0 Å². The molecule has 0 radical (unpaired) electrons. The van der Waals surface area contributed by atoms with Crippen LogP contribution in [0, 0.1) is 11.8 Å². The number of carbonyl (C=O) groups excluding carboxylic acids is 4. The Kier molecular flexibility index (Phi) is 80.1. The minimum Gasteiger partial charge on any atom is -0.314 e. The first-order valence-electron chi connectivity index (χ1n) is 50.1. The van der Waals surface area contributed by atoms with Gasteiger partial charge >= 0.3 is 0 Å². The molecule has 2 heterocycles. The Bertz CT molecular complexity index is 1840. The molecule has 0 saturated carbocycles. The molecule has 2 fully saturated rings. The van der Waals surface area contributed by atoms with Gasteiger partial charge in [-0.05, 0) is 25.7 Å². The minimum absolute atomic E-state index is 0.0545. The molecule has 2 aliphatic rings. The van der Waals surface area contributed by atoms with Crippen molar-refractivity contribution in [1.82, 2.24) is 25.8 Å². The quantitative estimate of drug-likeness (QED) is 0.0316. The van der Waals surface area contributed by atoms with Crippen LogP contribution in [-0.4, -0.2) is 85.8 Å². The van der Waals surface area contributed by atoms with E-state index >= 15 is 0 Å².